The summed E-state index contributed by atoms with van der Waals surface area (Å²) in [5.74, 6) is 1.18. The summed E-state index contributed by atoms with van der Waals surface area (Å²) in [6.07, 6.45) is 10.1. The van der Waals surface area contributed by atoms with Crippen LogP contribution in [0.25, 0.3) is 0 Å². The quantitative estimate of drug-likeness (QED) is 0.756. The molecule has 1 aliphatic rings. The third-order valence-electron chi connectivity index (χ3n) is 3.41. The van der Waals surface area contributed by atoms with E-state index in [9.17, 15) is 5.11 Å². The zero-order chi connectivity index (χ0) is 15.5. The number of anilines is 2. The lowest BCUT2D eigenvalue weighted by Crippen LogP contribution is -2.39. The number of allylic oxidation sites excluding steroid dienone is 3. The summed E-state index contributed by atoms with van der Waals surface area (Å²) in [6.45, 7) is 5.43. The van der Waals surface area contributed by atoms with Gasteiger partial charge in [-0.2, -0.15) is 4.98 Å². The standard InChI is InChI=1S/C15H21BrN4O/c1-10(15(2,3)21)18-13-12(16)9-17-14(20-13)19-11-7-5-4-6-8-11/h5,7-10,21H,4,6H2,1-3H3,(H2,17,18,19,20)/t10-/m1/s1. The predicted octanol–water partition coefficient (Wildman–Crippen LogP) is 3.46. The van der Waals surface area contributed by atoms with Gasteiger partial charge < -0.3 is 15.7 Å². The Bertz CT molecular complexity index is 563. The van der Waals surface area contributed by atoms with Gasteiger partial charge in [-0.3, -0.25) is 0 Å². The largest absolute Gasteiger partial charge is 0.388 e. The number of hydrogen-bond donors (Lipinski definition) is 3. The maximum Gasteiger partial charge on any atom is 0.229 e. The van der Waals surface area contributed by atoms with E-state index in [4.69, 9.17) is 0 Å². The van der Waals surface area contributed by atoms with Gasteiger partial charge in [0.15, 0.2) is 0 Å². The molecule has 0 fully saturated rings. The minimum atomic E-state index is -0.841. The van der Waals surface area contributed by atoms with Gasteiger partial charge in [-0.1, -0.05) is 12.2 Å². The van der Waals surface area contributed by atoms with E-state index in [-0.39, 0.29) is 6.04 Å². The first-order chi connectivity index (χ1) is 9.86. The summed E-state index contributed by atoms with van der Waals surface area (Å²) in [5.41, 5.74) is 0.164. The molecule has 0 spiro atoms. The molecule has 0 saturated carbocycles. The summed E-state index contributed by atoms with van der Waals surface area (Å²) in [6, 6.07) is -0.148. The van der Waals surface area contributed by atoms with E-state index in [0.29, 0.717) is 11.8 Å². The molecule has 5 nitrogen and oxygen atoms in total. The molecule has 6 heteroatoms. The van der Waals surface area contributed by atoms with E-state index >= 15 is 0 Å². The highest BCUT2D eigenvalue weighted by molar-refractivity contribution is 9.10. The molecule has 0 bridgehead atoms. The SMILES string of the molecule is C[C@@H](Nc1nc(NC2=CCCC=C2)ncc1Br)C(C)(C)O. The van der Waals surface area contributed by atoms with Crippen LogP contribution in [0.5, 0.6) is 0 Å². The lowest BCUT2D eigenvalue weighted by Gasteiger charge is -2.27. The van der Waals surface area contributed by atoms with Gasteiger partial charge in [0.1, 0.15) is 5.82 Å². The first-order valence-electron chi connectivity index (χ1n) is 7.01. The van der Waals surface area contributed by atoms with Crippen molar-refractivity contribution in [1.29, 1.82) is 0 Å². The Morgan fingerprint density at radius 3 is 2.76 bits per heavy atom. The van der Waals surface area contributed by atoms with E-state index in [1.807, 2.05) is 13.0 Å². The highest BCUT2D eigenvalue weighted by atomic mass is 79.9. The molecular weight excluding hydrogens is 332 g/mol. The Morgan fingerprint density at radius 1 is 1.38 bits per heavy atom. The molecule has 114 valence electrons. The van der Waals surface area contributed by atoms with Crippen LogP contribution in [0.4, 0.5) is 11.8 Å². The van der Waals surface area contributed by atoms with E-state index in [1.165, 1.54) is 0 Å². The maximum atomic E-state index is 10.0. The molecule has 0 unspecified atom stereocenters. The first-order valence-corrected chi connectivity index (χ1v) is 7.81. The molecular formula is C15H21BrN4O. The summed E-state index contributed by atoms with van der Waals surface area (Å²) in [5, 5.41) is 16.4. The van der Waals surface area contributed by atoms with Crippen LogP contribution < -0.4 is 10.6 Å². The molecule has 0 radical (unpaired) electrons. The molecule has 0 aromatic carbocycles. The summed E-state index contributed by atoms with van der Waals surface area (Å²) >= 11 is 3.43. The molecule has 21 heavy (non-hydrogen) atoms. The highest BCUT2D eigenvalue weighted by Gasteiger charge is 2.23. The minimum Gasteiger partial charge on any atom is -0.388 e. The Balaban J connectivity index is 2.13. The van der Waals surface area contributed by atoms with Gasteiger partial charge in [0.25, 0.3) is 0 Å². The molecule has 1 aromatic rings. The third-order valence-corrected chi connectivity index (χ3v) is 3.99. The average Bonchev–Trinajstić information content (AvgIpc) is 2.42. The number of nitrogens with one attached hydrogen (secondary N) is 2. The average molecular weight is 353 g/mol. The Hall–Kier alpha value is -1.40. The summed E-state index contributed by atoms with van der Waals surface area (Å²) in [4.78, 5) is 8.71. The second-order valence-corrected chi connectivity index (χ2v) is 6.53. The van der Waals surface area contributed by atoms with Crippen molar-refractivity contribution in [1.82, 2.24) is 9.97 Å². The van der Waals surface area contributed by atoms with Crippen LogP contribution in [0.3, 0.4) is 0 Å². The van der Waals surface area contributed by atoms with Crippen LogP contribution in [0.2, 0.25) is 0 Å². The molecule has 2 rings (SSSR count). The lowest BCUT2D eigenvalue weighted by molar-refractivity contribution is 0.0647. The lowest BCUT2D eigenvalue weighted by atomic mass is 10.0. The number of hydrogen-bond acceptors (Lipinski definition) is 5. The van der Waals surface area contributed by atoms with Crippen LogP contribution >= 0.6 is 15.9 Å². The molecule has 3 N–H and O–H groups in total. The molecule has 1 atom stereocenters. The zero-order valence-corrected chi connectivity index (χ0v) is 14.1. The topological polar surface area (TPSA) is 70.1 Å². The van der Waals surface area contributed by atoms with Gasteiger partial charge in [0, 0.05) is 11.9 Å². The van der Waals surface area contributed by atoms with Crippen molar-refractivity contribution >= 4 is 27.7 Å². The number of halogens is 1. The summed E-state index contributed by atoms with van der Waals surface area (Å²) in [7, 11) is 0. The predicted molar refractivity (Wildman–Crippen MR) is 89.2 cm³/mol. The van der Waals surface area contributed by atoms with Gasteiger partial charge in [-0.25, -0.2) is 4.98 Å². The van der Waals surface area contributed by atoms with Crippen LogP contribution in [-0.2, 0) is 0 Å². The second kappa shape index (κ2) is 6.58. The fourth-order valence-electron chi connectivity index (χ4n) is 1.75. The fourth-order valence-corrected chi connectivity index (χ4v) is 2.05. The normalized spacial score (nSPS) is 16.3. The van der Waals surface area contributed by atoms with Gasteiger partial charge in [-0.05, 0) is 55.6 Å². The third kappa shape index (κ3) is 4.54. The molecule has 0 amide bonds. The number of rotatable bonds is 5. The van der Waals surface area contributed by atoms with E-state index in [2.05, 4.69) is 48.7 Å². The van der Waals surface area contributed by atoms with Crippen molar-refractivity contribution in [3.05, 3.63) is 34.6 Å². The van der Waals surface area contributed by atoms with Crippen molar-refractivity contribution in [2.45, 2.75) is 45.3 Å². The van der Waals surface area contributed by atoms with Gasteiger partial charge in [0.05, 0.1) is 16.1 Å². The van der Waals surface area contributed by atoms with Crippen molar-refractivity contribution in [2.24, 2.45) is 0 Å². The number of aliphatic hydroxyl groups is 1. The highest BCUT2D eigenvalue weighted by Crippen LogP contribution is 2.24. The van der Waals surface area contributed by atoms with E-state index in [0.717, 1.165) is 23.0 Å². The van der Waals surface area contributed by atoms with E-state index < -0.39 is 5.60 Å². The van der Waals surface area contributed by atoms with Gasteiger partial charge >= 0.3 is 0 Å². The second-order valence-electron chi connectivity index (χ2n) is 5.67. The Morgan fingerprint density at radius 2 is 2.14 bits per heavy atom. The maximum absolute atomic E-state index is 10.0. The van der Waals surface area contributed by atoms with Gasteiger partial charge in [0.2, 0.25) is 5.95 Å². The molecule has 0 saturated heterocycles. The van der Waals surface area contributed by atoms with Crippen LogP contribution in [0.15, 0.2) is 34.6 Å². The van der Waals surface area contributed by atoms with Crippen molar-refractivity contribution in [3.8, 4) is 0 Å². The zero-order valence-electron chi connectivity index (χ0n) is 12.5. The first kappa shape index (κ1) is 16.0. The molecule has 1 heterocycles. The van der Waals surface area contributed by atoms with Gasteiger partial charge in [-0.15, -0.1) is 0 Å². The van der Waals surface area contributed by atoms with E-state index in [1.54, 1.807) is 20.0 Å². The number of aromatic nitrogens is 2. The monoisotopic (exact) mass is 352 g/mol. The summed E-state index contributed by atoms with van der Waals surface area (Å²) < 4.78 is 0.761. The van der Waals surface area contributed by atoms with Crippen LogP contribution in [0.1, 0.15) is 33.6 Å². The molecule has 1 aliphatic carbocycles. The minimum absolute atomic E-state index is 0.148. The van der Waals surface area contributed by atoms with Crippen LogP contribution in [0, 0.1) is 0 Å². The van der Waals surface area contributed by atoms with Crippen molar-refractivity contribution in [2.75, 3.05) is 10.6 Å². The Kier molecular flexibility index (Phi) is 5.00. The molecule has 0 aliphatic heterocycles. The van der Waals surface area contributed by atoms with Crippen molar-refractivity contribution in [3.63, 3.8) is 0 Å². The van der Waals surface area contributed by atoms with Crippen molar-refractivity contribution < 1.29 is 5.11 Å². The van der Waals surface area contributed by atoms with Crippen LogP contribution in [-0.4, -0.2) is 26.7 Å². The fraction of sp³-hybridized carbons (Fsp3) is 0.467. The Labute approximate surface area is 133 Å². The number of nitrogens with zero attached hydrogens (tertiary/aromatic N) is 2. The smallest absolute Gasteiger partial charge is 0.229 e. The molecule has 1 aromatic heterocycles.